The van der Waals surface area contributed by atoms with Crippen LogP contribution >= 0.6 is 0 Å². The highest BCUT2D eigenvalue weighted by molar-refractivity contribution is 5.96. The van der Waals surface area contributed by atoms with Crippen LogP contribution in [0.2, 0.25) is 0 Å². The Labute approximate surface area is 186 Å². The Morgan fingerprint density at radius 2 is 1.94 bits per heavy atom. The van der Waals surface area contributed by atoms with Gasteiger partial charge in [0.1, 0.15) is 12.2 Å². The number of nitrogens with two attached hydrogens (primary N) is 2. The third kappa shape index (κ3) is 5.91. The fraction of sp³-hybridized carbons (Fsp3) is 0.136. The van der Waals surface area contributed by atoms with Gasteiger partial charge in [0.25, 0.3) is 0 Å². The Hall–Kier alpha value is -4.28. The van der Waals surface area contributed by atoms with Gasteiger partial charge in [0, 0.05) is 34.3 Å². The first-order chi connectivity index (χ1) is 15.6. The molecule has 0 aliphatic heterocycles. The molecule has 0 unspecified atom stereocenters. The molecule has 11 heteroatoms. The number of nitrogens with zero attached hydrogens (tertiary/aromatic N) is 2. The molecule has 0 bridgehead atoms. The number of rotatable bonds is 6. The fourth-order valence-electron chi connectivity index (χ4n) is 3.03. The van der Waals surface area contributed by atoms with Crippen LogP contribution in [0.3, 0.4) is 0 Å². The van der Waals surface area contributed by atoms with Gasteiger partial charge < -0.3 is 22.1 Å². The lowest BCUT2D eigenvalue weighted by Gasteiger charge is -2.11. The number of carbonyl (C=O) groups excluding carboxylic acids is 2. The van der Waals surface area contributed by atoms with E-state index in [0.717, 1.165) is 0 Å². The van der Waals surface area contributed by atoms with E-state index in [4.69, 9.17) is 11.5 Å². The summed E-state index contributed by atoms with van der Waals surface area (Å²) < 4.78 is 38.6. The van der Waals surface area contributed by atoms with Gasteiger partial charge in [0.2, 0.25) is 5.91 Å². The van der Waals surface area contributed by atoms with Crippen molar-refractivity contribution in [2.75, 3.05) is 11.9 Å². The highest BCUT2D eigenvalue weighted by Gasteiger charge is 2.27. The smallest absolute Gasteiger partial charge is 0.398 e. The number of hydrogen-bond donors (Lipinski definition) is 4. The lowest BCUT2D eigenvalue weighted by atomic mass is 10.1. The maximum absolute atomic E-state index is 12.3. The predicted molar refractivity (Wildman–Crippen MR) is 119 cm³/mol. The minimum atomic E-state index is -4.50. The van der Waals surface area contributed by atoms with Crippen LogP contribution in [0.1, 0.15) is 12.5 Å². The largest absolute Gasteiger partial charge is 0.405 e. The van der Waals surface area contributed by atoms with Crippen molar-refractivity contribution < 1.29 is 22.8 Å². The van der Waals surface area contributed by atoms with Gasteiger partial charge in [-0.25, -0.2) is 9.78 Å². The zero-order chi connectivity index (χ0) is 24.2. The van der Waals surface area contributed by atoms with E-state index < -0.39 is 24.7 Å². The lowest BCUT2D eigenvalue weighted by molar-refractivity contribution is -0.122. The van der Waals surface area contributed by atoms with Crippen molar-refractivity contribution in [2.45, 2.75) is 13.1 Å². The van der Waals surface area contributed by atoms with Crippen molar-refractivity contribution in [1.29, 1.82) is 0 Å². The Morgan fingerprint density at radius 3 is 2.61 bits per heavy atom. The summed E-state index contributed by atoms with van der Waals surface area (Å²) in [5.74, 6) is -0.592. The molecule has 3 amide bonds. The van der Waals surface area contributed by atoms with Crippen LogP contribution in [0.4, 0.5) is 23.7 Å². The van der Waals surface area contributed by atoms with Crippen LogP contribution < -0.4 is 22.1 Å². The van der Waals surface area contributed by atoms with Crippen molar-refractivity contribution in [2.24, 2.45) is 11.5 Å². The molecule has 0 fully saturated rings. The number of halogens is 3. The van der Waals surface area contributed by atoms with E-state index in [0.29, 0.717) is 33.9 Å². The molecule has 0 aliphatic carbocycles. The topological polar surface area (TPSA) is 128 Å². The Balaban J connectivity index is 1.84. The van der Waals surface area contributed by atoms with Gasteiger partial charge in [0.15, 0.2) is 0 Å². The number of urea groups is 1. The van der Waals surface area contributed by atoms with Crippen LogP contribution in [0.25, 0.3) is 22.6 Å². The van der Waals surface area contributed by atoms with Crippen molar-refractivity contribution in [3.8, 4) is 11.3 Å². The van der Waals surface area contributed by atoms with Crippen molar-refractivity contribution in [1.82, 2.24) is 14.7 Å². The van der Waals surface area contributed by atoms with Gasteiger partial charge in [-0.05, 0) is 37.3 Å². The molecule has 8 nitrogen and oxygen atoms in total. The maximum atomic E-state index is 12.3. The molecule has 3 aromatic rings. The van der Waals surface area contributed by atoms with Gasteiger partial charge in [-0.3, -0.25) is 9.20 Å². The van der Waals surface area contributed by atoms with Crippen LogP contribution in [-0.2, 0) is 4.79 Å². The van der Waals surface area contributed by atoms with E-state index >= 15 is 0 Å². The maximum Gasteiger partial charge on any atom is 0.405 e. The number of imidazole rings is 1. The molecule has 172 valence electrons. The summed E-state index contributed by atoms with van der Waals surface area (Å²) in [5.41, 5.74) is 14.9. The van der Waals surface area contributed by atoms with Gasteiger partial charge >= 0.3 is 12.2 Å². The van der Waals surface area contributed by atoms with Crippen molar-refractivity contribution in [3.05, 3.63) is 72.1 Å². The number of primary amides is 1. The molecule has 33 heavy (non-hydrogen) atoms. The molecule has 6 N–H and O–H groups in total. The Kier molecular flexibility index (Phi) is 6.71. The van der Waals surface area contributed by atoms with Gasteiger partial charge in [-0.15, -0.1) is 0 Å². The van der Waals surface area contributed by atoms with E-state index in [1.165, 1.54) is 6.08 Å². The second-order valence-corrected chi connectivity index (χ2v) is 7.00. The number of anilines is 1. The molecule has 0 spiro atoms. The quantitative estimate of drug-likeness (QED) is 0.333. The van der Waals surface area contributed by atoms with E-state index in [1.54, 1.807) is 71.5 Å². The first-order valence-electron chi connectivity index (χ1n) is 9.70. The van der Waals surface area contributed by atoms with Gasteiger partial charge in [-0.1, -0.05) is 18.2 Å². The van der Waals surface area contributed by atoms with Crippen LogP contribution in [-0.4, -0.2) is 34.0 Å². The minimum absolute atomic E-state index is 0.278. The average Bonchev–Trinajstić information content (AvgIpc) is 3.18. The molecular formula is C22H21F3N6O2. The van der Waals surface area contributed by atoms with E-state index in [9.17, 15) is 22.8 Å². The molecule has 3 rings (SSSR count). The number of hydrogen-bond acceptors (Lipinski definition) is 4. The molecule has 0 radical (unpaired) electrons. The van der Waals surface area contributed by atoms with Crippen molar-refractivity contribution >= 4 is 29.0 Å². The third-order valence-electron chi connectivity index (χ3n) is 4.62. The number of fused-ring (bicyclic) bond motifs is 1. The average molecular weight is 458 g/mol. The zero-order valence-electron chi connectivity index (χ0n) is 17.5. The summed E-state index contributed by atoms with van der Waals surface area (Å²) in [4.78, 5) is 27.5. The SMILES string of the molecule is C/C=C(\C=C(/N)c1ccn2c(-c3cccc(NC(=O)NCC(F)(F)F)c3)cnc2c1)C(N)=O. The second kappa shape index (κ2) is 9.47. The molecule has 2 aromatic heterocycles. The summed E-state index contributed by atoms with van der Waals surface area (Å²) in [6, 6.07) is 9.11. The van der Waals surface area contributed by atoms with Crippen LogP contribution in [0.5, 0.6) is 0 Å². The van der Waals surface area contributed by atoms with Crippen molar-refractivity contribution in [3.63, 3.8) is 0 Å². The van der Waals surface area contributed by atoms with E-state index in [2.05, 4.69) is 10.3 Å². The normalized spacial score (nSPS) is 12.6. The number of carbonyl (C=O) groups is 2. The number of amides is 3. The number of nitrogens with one attached hydrogen (secondary N) is 2. The molecule has 0 saturated heterocycles. The number of aromatic nitrogens is 2. The predicted octanol–water partition coefficient (Wildman–Crippen LogP) is 3.42. The summed E-state index contributed by atoms with van der Waals surface area (Å²) in [7, 11) is 0. The number of pyridine rings is 1. The van der Waals surface area contributed by atoms with Crippen LogP contribution in [0.15, 0.2) is 66.5 Å². The first-order valence-corrected chi connectivity index (χ1v) is 9.70. The lowest BCUT2D eigenvalue weighted by Crippen LogP contribution is -2.36. The minimum Gasteiger partial charge on any atom is -0.398 e. The first kappa shape index (κ1) is 23.4. The van der Waals surface area contributed by atoms with E-state index in [-0.39, 0.29) is 5.57 Å². The standard InChI is InChI=1S/C22H21F3N6O2/c1-2-13(20(27)32)9-17(26)14-6-7-31-18(11-28-19(31)10-14)15-4-3-5-16(8-15)30-21(33)29-12-22(23,24)25/h2-11H,12,26H2,1H3,(H2,27,32)(H2,29,30,33)/b13-2+,17-9-. The summed E-state index contributed by atoms with van der Waals surface area (Å²) >= 11 is 0. The molecule has 0 aliphatic rings. The summed E-state index contributed by atoms with van der Waals surface area (Å²) in [6.07, 6.45) is 1.90. The highest BCUT2D eigenvalue weighted by Crippen LogP contribution is 2.25. The molecule has 2 heterocycles. The summed E-state index contributed by atoms with van der Waals surface area (Å²) in [5, 5.41) is 4.13. The third-order valence-corrected chi connectivity index (χ3v) is 4.62. The number of alkyl halides is 3. The van der Waals surface area contributed by atoms with Gasteiger partial charge in [-0.2, -0.15) is 13.2 Å². The molecular weight excluding hydrogens is 437 g/mol. The molecule has 0 atom stereocenters. The molecule has 1 aromatic carbocycles. The van der Waals surface area contributed by atoms with Gasteiger partial charge in [0.05, 0.1) is 11.9 Å². The fourth-order valence-corrected chi connectivity index (χ4v) is 3.03. The van der Waals surface area contributed by atoms with E-state index in [1.807, 2.05) is 0 Å². The van der Waals surface area contributed by atoms with Crippen LogP contribution in [0, 0.1) is 0 Å². The molecule has 0 saturated carbocycles. The summed E-state index contributed by atoms with van der Waals surface area (Å²) in [6.45, 7) is 0.248. The highest BCUT2D eigenvalue weighted by atomic mass is 19.4. The monoisotopic (exact) mass is 458 g/mol. The zero-order valence-corrected chi connectivity index (χ0v) is 17.5. The second-order valence-electron chi connectivity index (χ2n) is 7.00. The number of allylic oxidation sites excluding steroid dienone is 1. The Bertz CT molecular complexity index is 1260. The Morgan fingerprint density at radius 1 is 1.18 bits per heavy atom. The number of benzene rings is 1.